The number of benzene rings is 1. The van der Waals surface area contributed by atoms with E-state index in [0.717, 1.165) is 36.2 Å². The lowest BCUT2D eigenvalue weighted by Gasteiger charge is -2.17. The van der Waals surface area contributed by atoms with E-state index in [1.807, 2.05) is 12.1 Å². The maximum Gasteiger partial charge on any atom is 0.165 e. The van der Waals surface area contributed by atoms with Crippen molar-refractivity contribution in [1.82, 2.24) is 10.6 Å². The van der Waals surface area contributed by atoms with Gasteiger partial charge in [-0.05, 0) is 25.8 Å². The van der Waals surface area contributed by atoms with E-state index in [-0.39, 0.29) is 0 Å². The normalized spacial score (nSPS) is 16.2. The van der Waals surface area contributed by atoms with Gasteiger partial charge >= 0.3 is 0 Å². The maximum atomic E-state index is 5.43. The first-order valence-corrected chi connectivity index (χ1v) is 6.91. The molecule has 4 nitrogen and oxygen atoms in total. The van der Waals surface area contributed by atoms with E-state index in [9.17, 15) is 0 Å². The highest BCUT2D eigenvalue weighted by Gasteiger charge is 2.20. The third-order valence-electron chi connectivity index (χ3n) is 3.42. The van der Waals surface area contributed by atoms with Crippen LogP contribution in [0.2, 0.25) is 0 Å². The van der Waals surface area contributed by atoms with Crippen molar-refractivity contribution in [2.24, 2.45) is 0 Å². The van der Waals surface area contributed by atoms with Crippen LogP contribution in [0.1, 0.15) is 25.3 Å². The highest BCUT2D eigenvalue weighted by Crippen LogP contribution is 2.30. The minimum Gasteiger partial charge on any atom is -0.493 e. The molecule has 0 aliphatic heterocycles. The zero-order chi connectivity index (χ0) is 13.7. The van der Waals surface area contributed by atoms with Crippen LogP contribution in [0.3, 0.4) is 0 Å². The van der Waals surface area contributed by atoms with E-state index in [1.54, 1.807) is 14.2 Å². The lowest BCUT2D eigenvalue weighted by molar-refractivity contribution is 0.349. The van der Waals surface area contributed by atoms with Crippen molar-refractivity contribution in [3.63, 3.8) is 0 Å². The molecule has 1 aromatic carbocycles. The zero-order valence-electron chi connectivity index (χ0n) is 12.0. The van der Waals surface area contributed by atoms with Crippen molar-refractivity contribution in [3.8, 4) is 11.5 Å². The first-order valence-electron chi connectivity index (χ1n) is 6.91. The Morgan fingerprint density at radius 3 is 2.68 bits per heavy atom. The van der Waals surface area contributed by atoms with E-state index in [2.05, 4.69) is 23.6 Å². The average Bonchev–Trinajstić information content (AvgIpc) is 3.26. The van der Waals surface area contributed by atoms with E-state index in [4.69, 9.17) is 9.47 Å². The highest BCUT2D eigenvalue weighted by molar-refractivity contribution is 5.46. The molecular weight excluding hydrogens is 240 g/mol. The minimum atomic E-state index is 0.441. The minimum absolute atomic E-state index is 0.441. The Labute approximate surface area is 115 Å². The molecule has 2 rings (SSSR count). The zero-order valence-corrected chi connectivity index (χ0v) is 12.0. The van der Waals surface area contributed by atoms with E-state index < -0.39 is 0 Å². The fraction of sp³-hybridized carbons (Fsp3) is 0.600. The van der Waals surface area contributed by atoms with Gasteiger partial charge < -0.3 is 20.1 Å². The lowest BCUT2D eigenvalue weighted by Crippen LogP contribution is -2.36. The van der Waals surface area contributed by atoms with Gasteiger partial charge in [0, 0.05) is 30.7 Å². The molecule has 4 heteroatoms. The number of ether oxygens (including phenoxy) is 2. The van der Waals surface area contributed by atoms with Crippen LogP contribution in [-0.4, -0.2) is 32.8 Å². The monoisotopic (exact) mass is 264 g/mol. The number of para-hydroxylation sites is 1. The summed E-state index contributed by atoms with van der Waals surface area (Å²) in [7, 11) is 3.34. The van der Waals surface area contributed by atoms with Gasteiger partial charge in [0.15, 0.2) is 11.5 Å². The third kappa shape index (κ3) is 4.11. The summed E-state index contributed by atoms with van der Waals surface area (Å²) in [6.07, 6.45) is 2.66. The van der Waals surface area contributed by atoms with E-state index >= 15 is 0 Å². The molecule has 0 aromatic heterocycles. The summed E-state index contributed by atoms with van der Waals surface area (Å²) >= 11 is 0. The molecule has 1 unspecified atom stereocenters. The van der Waals surface area contributed by atoms with Crippen molar-refractivity contribution in [3.05, 3.63) is 23.8 Å². The van der Waals surface area contributed by atoms with Crippen molar-refractivity contribution in [2.45, 2.75) is 38.4 Å². The summed E-state index contributed by atoms with van der Waals surface area (Å²) in [4.78, 5) is 0. The Kier molecular flexibility index (Phi) is 5.05. The Morgan fingerprint density at radius 1 is 1.26 bits per heavy atom. The van der Waals surface area contributed by atoms with Crippen LogP contribution < -0.4 is 20.1 Å². The summed E-state index contributed by atoms with van der Waals surface area (Å²) < 4.78 is 10.7. The summed E-state index contributed by atoms with van der Waals surface area (Å²) in [6.45, 7) is 3.99. The van der Waals surface area contributed by atoms with Crippen LogP contribution in [0.5, 0.6) is 11.5 Å². The predicted molar refractivity (Wildman–Crippen MR) is 76.9 cm³/mol. The number of rotatable bonds is 8. The second-order valence-corrected chi connectivity index (χ2v) is 5.12. The average molecular weight is 264 g/mol. The van der Waals surface area contributed by atoms with Gasteiger partial charge in [0.05, 0.1) is 14.2 Å². The summed E-state index contributed by atoms with van der Waals surface area (Å²) in [5.74, 6) is 1.60. The fourth-order valence-electron chi connectivity index (χ4n) is 2.08. The summed E-state index contributed by atoms with van der Waals surface area (Å²) in [6, 6.07) is 7.17. The largest absolute Gasteiger partial charge is 0.493 e. The van der Waals surface area contributed by atoms with Gasteiger partial charge in [-0.3, -0.25) is 0 Å². The molecule has 0 radical (unpaired) electrons. The molecule has 1 aliphatic carbocycles. The molecule has 1 aliphatic rings. The van der Waals surface area contributed by atoms with Crippen LogP contribution in [-0.2, 0) is 6.54 Å². The van der Waals surface area contributed by atoms with Gasteiger partial charge in [0.1, 0.15) is 0 Å². The molecule has 1 aromatic rings. The summed E-state index contributed by atoms with van der Waals surface area (Å²) in [5.41, 5.74) is 1.13. The van der Waals surface area contributed by atoms with E-state index in [1.165, 1.54) is 12.8 Å². The van der Waals surface area contributed by atoms with Crippen molar-refractivity contribution >= 4 is 0 Å². The third-order valence-corrected chi connectivity index (χ3v) is 3.42. The molecule has 106 valence electrons. The molecule has 0 heterocycles. The van der Waals surface area contributed by atoms with Crippen molar-refractivity contribution in [1.29, 1.82) is 0 Å². The molecule has 2 N–H and O–H groups in total. The maximum absolute atomic E-state index is 5.43. The number of nitrogens with one attached hydrogen (secondary N) is 2. The molecular formula is C15H24N2O2. The second-order valence-electron chi connectivity index (χ2n) is 5.12. The molecule has 0 saturated heterocycles. The van der Waals surface area contributed by atoms with Crippen molar-refractivity contribution in [2.75, 3.05) is 20.8 Å². The molecule has 1 fully saturated rings. The van der Waals surface area contributed by atoms with Gasteiger partial charge in [0.25, 0.3) is 0 Å². The van der Waals surface area contributed by atoms with Gasteiger partial charge in [-0.2, -0.15) is 0 Å². The molecule has 0 spiro atoms. The van der Waals surface area contributed by atoms with Crippen LogP contribution in [0.25, 0.3) is 0 Å². The van der Waals surface area contributed by atoms with Crippen LogP contribution >= 0.6 is 0 Å². The molecule has 1 saturated carbocycles. The van der Waals surface area contributed by atoms with Gasteiger partial charge in [0.2, 0.25) is 0 Å². The van der Waals surface area contributed by atoms with Crippen molar-refractivity contribution < 1.29 is 9.47 Å². The standard InChI is InChI=1S/C15H24N2O2/c1-11(9-17-13-7-8-13)16-10-12-5-4-6-14(18-2)15(12)19-3/h4-6,11,13,16-17H,7-10H2,1-3H3. The lowest BCUT2D eigenvalue weighted by atomic mass is 10.1. The first-order chi connectivity index (χ1) is 9.24. The van der Waals surface area contributed by atoms with Gasteiger partial charge in [-0.25, -0.2) is 0 Å². The number of hydrogen-bond donors (Lipinski definition) is 2. The fourth-order valence-corrected chi connectivity index (χ4v) is 2.08. The summed E-state index contributed by atoms with van der Waals surface area (Å²) in [5, 5.41) is 7.04. The smallest absolute Gasteiger partial charge is 0.165 e. The number of methoxy groups -OCH3 is 2. The van der Waals surface area contributed by atoms with E-state index in [0.29, 0.717) is 6.04 Å². The topological polar surface area (TPSA) is 42.5 Å². The Hall–Kier alpha value is -1.26. The Balaban J connectivity index is 1.86. The van der Waals surface area contributed by atoms with Crippen LogP contribution in [0.15, 0.2) is 18.2 Å². The van der Waals surface area contributed by atoms with Gasteiger partial charge in [-0.1, -0.05) is 12.1 Å². The SMILES string of the molecule is COc1cccc(CNC(C)CNC2CC2)c1OC. The Morgan fingerprint density at radius 2 is 2.05 bits per heavy atom. The highest BCUT2D eigenvalue weighted by atomic mass is 16.5. The molecule has 19 heavy (non-hydrogen) atoms. The van der Waals surface area contributed by atoms with Gasteiger partial charge in [-0.15, -0.1) is 0 Å². The Bertz CT molecular complexity index is 405. The first kappa shape index (κ1) is 14.2. The predicted octanol–water partition coefficient (Wildman–Crippen LogP) is 1.93. The quantitative estimate of drug-likeness (QED) is 0.753. The number of hydrogen-bond acceptors (Lipinski definition) is 4. The molecule has 1 atom stereocenters. The van der Waals surface area contributed by atoms with Crippen LogP contribution in [0, 0.1) is 0 Å². The second kappa shape index (κ2) is 6.78. The molecule has 0 amide bonds. The molecule has 0 bridgehead atoms. The van der Waals surface area contributed by atoms with Crippen LogP contribution in [0.4, 0.5) is 0 Å².